The van der Waals surface area contributed by atoms with Crippen molar-refractivity contribution in [1.82, 2.24) is 10.6 Å². The lowest BCUT2D eigenvalue weighted by molar-refractivity contribution is -0.141. The van der Waals surface area contributed by atoms with Gasteiger partial charge in [-0.25, -0.2) is 4.79 Å². The zero-order valence-electron chi connectivity index (χ0n) is 23.4. The molecule has 226 valence electrons. The van der Waals surface area contributed by atoms with Gasteiger partial charge in [0.25, 0.3) is 11.8 Å². The Hall–Kier alpha value is -4.83. The van der Waals surface area contributed by atoms with E-state index in [1.165, 1.54) is 17.8 Å². The van der Waals surface area contributed by atoms with Gasteiger partial charge in [0.2, 0.25) is 0 Å². The highest BCUT2D eigenvalue weighted by Gasteiger charge is 2.30. The van der Waals surface area contributed by atoms with Crippen molar-refractivity contribution in [3.05, 3.63) is 137 Å². The molecule has 0 radical (unpaired) electrons. The van der Waals surface area contributed by atoms with E-state index in [1.54, 1.807) is 12.1 Å². The number of carbonyl (C=O) groups is 3. The van der Waals surface area contributed by atoms with Crippen LogP contribution in [0.25, 0.3) is 17.2 Å². The number of benzene rings is 4. The van der Waals surface area contributed by atoms with Crippen LogP contribution in [0.2, 0.25) is 0 Å². The lowest BCUT2D eigenvalue weighted by atomic mass is 10.0. The van der Waals surface area contributed by atoms with Crippen LogP contribution in [0.5, 0.6) is 0 Å². The average Bonchev–Trinajstić information content (AvgIpc) is 3.03. The molecule has 10 heteroatoms. The minimum absolute atomic E-state index is 0.108. The third-order valence-electron chi connectivity index (χ3n) is 6.56. The van der Waals surface area contributed by atoms with Gasteiger partial charge in [0, 0.05) is 11.3 Å². The molecule has 0 spiro atoms. The van der Waals surface area contributed by atoms with Gasteiger partial charge in [-0.3, -0.25) is 9.59 Å². The lowest BCUT2D eigenvalue weighted by Gasteiger charge is -2.17. The Morgan fingerprint density at radius 3 is 1.98 bits per heavy atom. The number of nitrogens with one attached hydrogen (secondary N) is 2. The van der Waals surface area contributed by atoms with Crippen LogP contribution in [-0.2, 0) is 21.5 Å². The fraction of sp³-hybridized carbons (Fsp3) is 0.147. The molecule has 6 nitrogen and oxygen atoms in total. The zero-order chi connectivity index (χ0) is 31.5. The fourth-order valence-corrected chi connectivity index (χ4v) is 5.17. The van der Waals surface area contributed by atoms with Crippen molar-refractivity contribution < 1.29 is 32.7 Å². The maximum absolute atomic E-state index is 13.3. The molecule has 3 N–H and O–H groups in total. The number of hydrogen-bond donors (Lipinski definition) is 3. The summed E-state index contributed by atoms with van der Waals surface area (Å²) in [6.45, 7) is 0. The fourth-order valence-electron chi connectivity index (χ4n) is 4.19. The number of hydrogen-bond acceptors (Lipinski definition) is 4. The van der Waals surface area contributed by atoms with Crippen LogP contribution in [-0.4, -0.2) is 34.7 Å². The predicted molar refractivity (Wildman–Crippen MR) is 166 cm³/mol. The van der Waals surface area contributed by atoms with E-state index in [4.69, 9.17) is 0 Å². The molecular formula is C34H29F3N2O4S. The van der Waals surface area contributed by atoms with Gasteiger partial charge in [0.15, 0.2) is 0 Å². The quantitative estimate of drug-likeness (QED) is 0.117. The number of carboxylic acids is 1. The molecule has 0 unspecified atom stereocenters. The normalized spacial score (nSPS) is 12.3. The molecule has 44 heavy (non-hydrogen) atoms. The van der Waals surface area contributed by atoms with Gasteiger partial charge in [-0.1, -0.05) is 84.9 Å². The number of rotatable bonds is 12. The average molecular weight is 619 g/mol. The zero-order valence-corrected chi connectivity index (χ0v) is 24.2. The van der Waals surface area contributed by atoms with Crippen LogP contribution in [0.15, 0.2) is 115 Å². The number of aliphatic carboxylic acids is 1. The Morgan fingerprint density at radius 2 is 1.39 bits per heavy atom. The summed E-state index contributed by atoms with van der Waals surface area (Å²) >= 11 is 1.52. The molecule has 0 aliphatic rings. The van der Waals surface area contributed by atoms with Crippen molar-refractivity contribution in [3.8, 4) is 11.1 Å². The van der Waals surface area contributed by atoms with Gasteiger partial charge in [0.1, 0.15) is 11.7 Å². The molecule has 0 saturated heterocycles. The number of thioether (sulfide) groups is 1. The molecule has 1 atom stereocenters. The molecule has 2 amide bonds. The first-order valence-corrected chi connectivity index (χ1v) is 14.8. The first-order valence-electron chi connectivity index (χ1n) is 13.6. The van der Waals surface area contributed by atoms with E-state index in [-0.39, 0.29) is 17.7 Å². The van der Waals surface area contributed by atoms with Crippen LogP contribution in [0.1, 0.15) is 33.5 Å². The van der Waals surface area contributed by atoms with Crippen molar-refractivity contribution in [1.29, 1.82) is 0 Å². The summed E-state index contributed by atoms with van der Waals surface area (Å²) in [4.78, 5) is 38.3. The second-order valence-corrected chi connectivity index (χ2v) is 10.9. The van der Waals surface area contributed by atoms with E-state index in [0.29, 0.717) is 17.1 Å². The second-order valence-electron chi connectivity index (χ2n) is 9.77. The molecule has 0 aliphatic carbocycles. The van der Waals surface area contributed by atoms with E-state index >= 15 is 0 Å². The minimum Gasteiger partial charge on any atom is -0.480 e. The third-order valence-corrected chi connectivity index (χ3v) is 7.62. The number of halogens is 3. The van der Waals surface area contributed by atoms with E-state index in [2.05, 4.69) is 10.6 Å². The van der Waals surface area contributed by atoms with E-state index < -0.39 is 35.6 Å². The van der Waals surface area contributed by atoms with E-state index in [0.717, 1.165) is 41.0 Å². The standard InChI is InChI=1S/C34H29F3N2O4S/c35-34(36,37)28-17-15-27(16-18-28)31(40)39-30(21-23-11-13-26(14-12-23)25-9-5-2-6-10-25)32(41)38-29(33(42)43)19-20-44-22-24-7-3-1-4-8-24/h1-18,21,29H,19-20,22H2,(H,38,41)(H,39,40)(H,42,43)/b30-21+/t29-/m0/s1. The number of carbonyl (C=O) groups excluding carboxylic acids is 2. The number of alkyl halides is 3. The largest absolute Gasteiger partial charge is 0.480 e. The predicted octanol–water partition coefficient (Wildman–Crippen LogP) is 7.04. The van der Waals surface area contributed by atoms with Gasteiger partial charge in [-0.05, 0) is 64.8 Å². The molecule has 4 aromatic rings. The smallest absolute Gasteiger partial charge is 0.416 e. The molecule has 4 rings (SSSR count). The molecule has 0 aromatic heterocycles. The van der Waals surface area contributed by atoms with Crippen LogP contribution in [0.4, 0.5) is 13.2 Å². The van der Waals surface area contributed by atoms with E-state index in [1.807, 2.05) is 72.8 Å². The minimum atomic E-state index is -4.57. The molecule has 0 fully saturated rings. The summed E-state index contributed by atoms with van der Waals surface area (Å²) in [7, 11) is 0. The molecule has 4 aromatic carbocycles. The Labute approximate surface area is 257 Å². The van der Waals surface area contributed by atoms with Crippen LogP contribution in [0.3, 0.4) is 0 Å². The molecule has 0 bridgehead atoms. The maximum Gasteiger partial charge on any atom is 0.416 e. The SMILES string of the molecule is O=C(N[C@@H](CCSCc1ccccc1)C(=O)O)/C(=C\c1ccc(-c2ccccc2)cc1)NC(=O)c1ccc(C(F)(F)F)cc1. The first-order chi connectivity index (χ1) is 21.1. The van der Waals surface area contributed by atoms with Crippen molar-refractivity contribution in [2.24, 2.45) is 0 Å². The second kappa shape index (κ2) is 15.1. The van der Waals surface area contributed by atoms with Gasteiger partial charge >= 0.3 is 12.1 Å². The molecule has 0 saturated carbocycles. The van der Waals surface area contributed by atoms with Gasteiger partial charge in [-0.2, -0.15) is 24.9 Å². The number of carboxylic acid groups (broad SMARTS) is 1. The van der Waals surface area contributed by atoms with Gasteiger partial charge < -0.3 is 15.7 Å². The van der Waals surface area contributed by atoms with Crippen LogP contribution in [0, 0.1) is 0 Å². The van der Waals surface area contributed by atoms with Crippen molar-refractivity contribution in [2.45, 2.75) is 24.4 Å². The topological polar surface area (TPSA) is 95.5 Å². The summed E-state index contributed by atoms with van der Waals surface area (Å²) < 4.78 is 39.0. The Balaban J connectivity index is 1.52. The molecular weight excluding hydrogens is 589 g/mol. The Kier molecular flexibility index (Phi) is 11.0. The van der Waals surface area contributed by atoms with Crippen molar-refractivity contribution in [2.75, 3.05) is 5.75 Å². The summed E-state index contributed by atoms with van der Waals surface area (Å²) in [6, 6.07) is 28.7. The Bertz CT molecular complexity index is 1590. The summed E-state index contributed by atoms with van der Waals surface area (Å²) in [5.41, 5.74) is 2.23. The maximum atomic E-state index is 13.3. The highest BCUT2D eigenvalue weighted by molar-refractivity contribution is 7.98. The highest BCUT2D eigenvalue weighted by Crippen LogP contribution is 2.29. The monoisotopic (exact) mass is 618 g/mol. The molecule has 0 heterocycles. The van der Waals surface area contributed by atoms with Crippen LogP contribution < -0.4 is 10.6 Å². The third kappa shape index (κ3) is 9.34. The summed E-state index contributed by atoms with van der Waals surface area (Å²) in [6.07, 6.45) is -3.06. The summed E-state index contributed by atoms with van der Waals surface area (Å²) in [5, 5.41) is 14.7. The first kappa shape index (κ1) is 32.1. The molecule has 0 aliphatic heterocycles. The Morgan fingerprint density at radius 1 is 0.795 bits per heavy atom. The van der Waals surface area contributed by atoms with Gasteiger partial charge in [0.05, 0.1) is 5.56 Å². The highest BCUT2D eigenvalue weighted by atomic mass is 32.2. The summed E-state index contributed by atoms with van der Waals surface area (Å²) in [5.74, 6) is -1.79. The number of amides is 2. The lowest BCUT2D eigenvalue weighted by Crippen LogP contribution is -2.44. The van der Waals surface area contributed by atoms with E-state index in [9.17, 15) is 32.7 Å². The van der Waals surface area contributed by atoms with Crippen LogP contribution >= 0.6 is 11.8 Å². The van der Waals surface area contributed by atoms with Crippen molar-refractivity contribution >= 4 is 35.6 Å². The van der Waals surface area contributed by atoms with Gasteiger partial charge in [-0.15, -0.1) is 0 Å². The van der Waals surface area contributed by atoms with Crippen molar-refractivity contribution in [3.63, 3.8) is 0 Å².